The number of alkyl halides is 5. The van der Waals surface area contributed by atoms with Crippen LogP contribution in [0.4, 0.5) is 26.3 Å². The van der Waals surface area contributed by atoms with Crippen LogP contribution in [0.5, 0.6) is 0 Å². The van der Waals surface area contributed by atoms with Crippen molar-refractivity contribution in [2.24, 2.45) is 0 Å². The Morgan fingerprint density at radius 3 is 2.64 bits per heavy atom. The van der Waals surface area contributed by atoms with E-state index in [1.54, 1.807) is 0 Å². The summed E-state index contributed by atoms with van der Waals surface area (Å²) in [6.07, 6.45) is -5.76. The number of nitrogens with zero attached hydrogens (tertiary/aromatic N) is 5. The maximum Gasteiger partial charge on any atom is 0.417 e. The van der Waals surface area contributed by atoms with Crippen molar-refractivity contribution in [3.63, 3.8) is 0 Å². The number of hydrogen-bond acceptors (Lipinski definition) is 7. The predicted molar refractivity (Wildman–Crippen MR) is 119 cm³/mol. The number of oxazole rings is 2. The molecule has 0 bridgehead atoms. The van der Waals surface area contributed by atoms with Crippen molar-refractivity contribution < 1.29 is 40.0 Å². The molecule has 0 unspecified atom stereocenters. The van der Waals surface area contributed by atoms with Gasteiger partial charge in [-0.25, -0.2) is 28.1 Å². The van der Waals surface area contributed by atoms with Gasteiger partial charge in [-0.15, -0.1) is 0 Å². The van der Waals surface area contributed by atoms with Gasteiger partial charge in [-0.1, -0.05) is 0 Å². The third-order valence-corrected chi connectivity index (χ3v) is 6.15. The van der Waals surface area contributed by atoms with Crippen molar-refractivity contribution in [3.8, 4) is 11.6 Å². The number of aromatic amines is 1. The topological polar surface area (TPSA) is 114 Å². The highest BCUT2D eigenvalue weighted by Crippen LogP contribution is 2.38. The van der Waals surface area contributed by atoms with Crippen LogP contribution >= 0.6 is 0 Å². The molecule has 15 heteroatoms. The van der Waals surface area contributed by atoms with E-state index in [4.69, 9.17) is 8.83 Å². The minimum atomic E-state index is -4.66. The van der Waals surface area contributed by atoms with Gasteiger partial charge in [0.1, 0.15) is 17.0 Å². The van der Waals surface area contributed by atoms with E-state index in [1.807, 2.05) is 0 Å². The van der Waals surface area contributed by atoms with Crippen molar-refractivity contribution in [2.45, 2.75) is 25.1 Å². The van der Waals surface area contributed by atoms with Crippen molar-refractivity contribution in [2.75, 3.05) is 6.54 Å². The number of nitrogens with one attached hydrogen (secondary N) is 1. The third kappa shape index (κ3) is 4.28. The second kappa shape index (κ2) is 8.96. The molecule has 4 aromatic heterocycles. The average molecular weight is 548 g/mol. The Labute approximate surface area is 213 Å². The number of H-pyrrole nitrogens is 1. The number of amides is 1. The quantitative estimate of drug-likeness (QED) is 0.296. The largest absolute Gasteiger partial charge is 0.438 e. The second-order valence-corrected chi connectivity index (χ2v) is 8.55. The third-order valence-electron chi connectivity index (χ3n) is 6.15. The number of halogens is 6. The van der Waals surface area contributed by atoms with E-state index < -0.39 is 53.3 Å². The molecule has 1 aliphatic heterocycles. The molecule has 1 aliphatic rings. The lowest BCUT2D eigenvalue weighted by atomic mass is 10.0. The molecule has 0 fully saturated rings. The number of aromatic nitrogens is 5. The zero-order valence-corrected chi connectivity index (χ0v) is 19.3. The molecule has 39 heavy (non-hydrogen) atoms. The zero-order chi connectivity index (χ0) is 27.5. The van der Waals surface area contributed by atoms with Crippen LogP contribution in [0.1, 0.15) is 51.6 Å². The van der Waals surface area contributed by atoms with Gasteiger partial charge < -0.3 is 18.7 Å². The Kier molecular flexibility index (Phi) is 5.66. The van der Waals surface area contributed by atoms with E-state index >= 15 is 0 Å². The van der Waals surface area contributed by atoms with E-state index in [-0.39, 0.29) is 35.6 Å². The Bertz CT molecular complexity index is 1690. The van der Waals surface area contributed by atoms with Gasteiger partial charge in [-0.05, 0) is 24.3 Å². The van der Waals surface area contributed by atoms with Crippen LogP contribution in [0.15, 0.2) is 51.7 Å². The van der Waals surface area contributed by atoms with Gasteiger partial charge in [0.2, 0.25) is 17.5 Å². The van der Waals surface area contributed by atoms with E-state index in [0.29, 0.717) is 23.7 Å². The molecule has 200 valence electrons. The SMILES string of the molecule is O=C(c1oc(-c2ccc(C(F)(F)F)cn2)nc1C(F)F)N1CCc2[nH]cnc2[C@H]1c1nc2cc(F)ccc2o1. The van der Waals surface area contributed by atoms with Gasteiger partial charge in [0.05, 0.1) is 17.6 Å². The number of hydrogen-bond donors (Lipinski definition) is 1. The van der Waals surface area contributed by atoms with Crippen LogP contribution in [-0.2, 0) is 12.6 Å². The summed E-state index contributed by atoms with van der Waals surface area (Å²) in [6, 6.07) is 4.15. The molecule has 1 amide bonds. The van der Waals surface area contributed by atoms with Gasteiger partial charge in [-0.2, -0.15) is 13.2 Å². The summed E-state index contributed by atoms with van der Waals surface area (Å²) < 4.78 is 91.4. The van der Waals surface area contributed by atoms with Crippen LogP contribution in [0.25, 0.3) is 22.7 Å². The molecule has 0 saturated heterocycles. The summed E-state index contributed by atoms with van der Waals surface area (Å²) in [5, 5.41) is 0. The molecule has 1 atom stereocenters. The van der Waals surface area contributed by atoms with Crippen LogP contribution in [-0.4, -0.2) is 42.3 Å². The Hall–Kier alpha value is -4.69. The molecule has 9 nitrogen and oxygen atoms in total. The van der Waals surface area contributed by atoms with Crippen LogP contribution < -0.4 is 0 Å². The number of carbonyl (C=O) groups is 1. The summed E-state index contributed by atoms with van der Waals surface area (Å²) in [5.41, 5.74) is -0.971. The highest BCUT2D eigenvalue weighted by atomic mass is 19.4. The molecule has 1 N–H and O–H groups in total. The monoisotopic (exact) mass is 548 g/mol. The molecular formula is C24H14F6N6O3. The number of benzene rings is 1. The maximum absolute atomic E-state index is 13.9. The number of carbonyl (C=O) groups excluding carboxylic acids is 1. The number of pyridine rings is 1. The van der Waals surface area contributed by atoms with E-state index in [0.717, 1.165) is 17.0 Å². The summed E-state index contributed by atoms with van der Waals surface area (Å²) >= 11 is 0. The molecular weight excluding hydrogens is 534 g/mol. The van der Waals surface area contributed by atoms with Gasteiger partial charge in [0.15, 0.2) is 17.3 Å². The fraction of sp³-hybridized carbons (Fsp3) is 0.208. The molecule has 1 aromatic carbocycles. The first-order valence-corrected chi connectivity index (χ1v) is 11.3. The lowest BCUT2D eigenvalue weighted by Gasteiger charge is -2.32. The summed E-state index contributed by atoms with van der Waals surface area (Å²) in [6.45, 7) is 0.00300. The average Bonchev–Trinajstić information content (AvgIpc) is 3.65. The van der Waals surface area contributed by atoms with Crippen molar-refractivity contribution in [1.82, 2.24) is 29.8 Å². The maximum atomic E-state index is 13.9. The zero-order valence-electron chi connectivity index (χ0n) is 19.3. The number of imidazole rings is 1. The molecule has 0 aliphatic carbocycles. The van der Waals surface area contributed by atoms with Crippen LogP contribution in [0, 0.1) is 5.82 Å². The summed E-state index contributed by atoms with van der Waals surface area (Å²) in [4.78, 5) is 33.6. The van der Waals surface area contributed by atoms with Crippen LogP contribution in [0.2, 0.25) is 0 Å². The lowest BCUT2D eigenvalue weighted by molar-refractivity contribution is -0.137. The molecule has 5 heterocycles. The van der Waals surface area contributed by atoms with E-state index in [1.165, 1.54) is 18.5 Å². The molecule has 0 saturated carbocycles. The van der Waals surface area contributed by atoms with Gasteiger partial charge >= 0.3 is 6.18 Å². The first-order valence-electron chi connectivity index (χ1n) is 11.3. The van der Waals surface area contributed by atoms with Gasteiger partial charge in [-0.3, -0.25) is 9.78 Å². The lowest BCUT2D eigenvalue weighted by Crippen LogP contribution is -2.41. The Morgan fingerprint density at radius 2 is 1.92 bits per heavy atom. The fourth-order valence-electron chi connectivity index (χ4n) is 4.34. The standard InChI is InChI=1S/C24H14F6N6O3/c25-11-2-4-15-14(7-11)34-22(38-15)18-16-12(32-9-33-16)5-6-36(18)23(37)19-17(20(26)27)35-21(39-19)13-3-1-10(8-31-13)24(28,29)30/h1-4,7-9,18,20H,5-6H2,(H,32,33)/t18-/m0/s1. The molecule has 0 spiro atoms. The Morgan fingerprint density at radius 1 is 1.10 bits per heavy atom. The molecule has 5 aromatic rings. The van der Waals surface area contributed by atoms with Crippen molar-refractivity contribution in [1.29, 1.82) is 0 Å². The normalized spacial score (nSPS) is 15.8. The minimum absolute atomic E-state index is 0.00300. The van der Waals surface area contributed by atoms with E-state index in [2.05, 4.69) is 24.9 Å². The Balaban J connectivity index is 1.41. The molecule has 6 rings (SSSR count). The van der Waals surface area contributed by atoms with Crippen LogP contribution in [0.3, 0.4) is 0 Å². The summed E-state index contributed by atoms with van der Waals surface area (Å²) in [5.74, 6) is -3.00. The van der Waals surface area contributed by atoms with Gasteiger partial charge in [0.25, 0.3) is 12.3 Å². The number of rotatable bonds is 4. The fourth-order valence-corrected chi connectivity index (χ4v) is 4.34. The molecule has 0 radical (unpaired) electrons. The first-order chi connectivity index (χ1) is 18.6. The number of fused-ring (bicyclic) bond motifs is 2. The highest BCUT2D eigenvalue weighted by molar-refractivity contribution is 5.93. The van der Waals surface area contributed by atoms with Crippen molar-refractivity contribution >= 4 is 17.0 Å². The first kappa shape index (κ1) is 24.6. The highest BCUT2D eigenvalue weighted by Gasteiger charge is 2.41. The predicted octanol–water partition coefficient (Wildman–Crippen LogP) is 5.48. The smallest absolute Gasteiger partial charge is 0.417 e. The minimum Gasteiger partial charge on any atom is -0.438 e. The summed E-state index contributed by atoms with van der Waals surface area (Å²) in [7, 11) is 0. The second-order valence-electron chi connectivity index (χ2n) is 8.55. The van der Waals surface area contributed by atoms with Gasteiger partial charge in [0, 0.05) is 30.9 Å². The van der Waals surface area contributed by atoms with Crippen molar-refractivity contribution in [3.05, 3.63) is 83.0 Å². The van der Waals surface area contributed by atoms with E-state index in [9.17, 15) is 31.1 Å².